The fraction of sp³-hybridized carbons (Fsp3) is 0.533. The van der Waals surface area contributed by atoms with Crippen LogP contribution < -0.4 is 20.5 Å². The van der Waals surface area contributed by atoms with Gasteiger partial charge >= 0.3 is 0 Å². The van der Waals surface area contributed by atoms with E-state index < -0.39 is 6.04 Å². The highest BCUT2D eigenvalue weighted by Crippen LogP contribution is 2.27. The largest absolute Gasteiger partial charge is 0.493 e. The lowest BCUT2D eigenvalue weighted by molar-refractivity contribution is -0.122. The van der Waals surface area contributed by atoms with E-state index in [9.17, 15) is 4.79 Å². The number of amides is 1. The van der Waals surface area contributed by atoms with Crippen LogP contribution in [0.15, 0.2) is 18.2 Å². The molecule has 112 valence electrons. The lowest BCUT2D eigenvalue weighted by Gasteiger charge is -2.13. The number of rotatable bonds is 8. The molecule has 1 rings (SSSR count). The maximum Gasteiger partial charge on any atom is 0.237 e. The van der Waals surface area contributed by atoms with E-state index in [-0.39, 0.29) is 5.91 Å². The highest BCUT2D eigenvalue weighted by Gasteiger charge is 2.12. The van der Waals surface area contributed by atoms with Crippen molar-refractivity contribution in [2.45, 2.75) is 39.3 Å². The van der Waals surface area contributed by atoms with Gasteiger partial charge in [-0.25, -0.2) is 0 Å². The molecule has 0 heterocycles. The summed E-state index contributed by atoms with van der Waals surface area (Å²) in [5, 5.41) is 2.83. The zero-order valence-corrected chi connectivity index (χ0v) is 12.4. The van der Waals surface area contributed by atoms with Crippen molar-refractivity contribution in [2.75, 3.05) is 13.7 Å². The molecule has 0 bridgehead atoms. The summed E-state index contributed by atoms with van der Waals surface area (Å²) in [6.07, 6.45) is 1.59. The summed E-state index contributed by atoms with van der Waals surface area (Å²) >= 11 is 0. The molecule has 0 aromatic heterocycles. The van der Waals surface area contributed by atoms with Crippen LogP contribution >= 0.6 is 0 Å². The topological polar surface area (TPSA) is 73.6 Å². The van der Waals surface area contributed by atoms with Crippen LogP contribution in [0.1, 0.15) is 32.3 Å². The number of benzene rings is 1. The first-order valence-corrected chi connectivity index (χ1v) is 6.95. The Morgan fingerprint density at radius 3 is 2.70 bits per heavy atom. The Bertz CT molecular complexity index is 435. The molecule has 20 heavy (non-hydrogen) atoms. The van der Waals surface area contributed by atoms with Gasteiger partial charge in [0.2, 0.25) is 5.91 Å². The van der Waals surface area contributed by atoms with Crippen LogP contribution in [-0.4, -0.2) is 25.7 Å². The number of hydrogen-bond donors (Lipinski definition) is 2. The molecular formula is C15H24N2O3. The molecule has 0 aliphatic heterocycles. The summed E-state index contributed by atoms with van der Waals surface area (Å²) in [6, 6.07) is 5.16. The third-order valence-corrected chi connectivity index (χ3v) is 2.93. The lowest BCUT2D eigenvalue weighted by Crippen LogP contribution is -2.40. The molecule has 3 N–H and O–H groups in total. The number of carbonyl (C=O) groups excluding carboxylic acids is 1. The maximum absolute atomic E-state index is 11.7. The third-order valence-electron chi connectivity index (χ3n) is 2.93. The average molecular weight is 280 g/mol. The van der Waals surface area contributed by atoms with Crippen LogP contribution in [0.5, 0.6) is 11.5 Å². The summed E-state index contributed by atoms with van der Waals surface area (Å²) in [5.74, 6) is 1.24. The minimum absolute atomic E-state index is 0.124. The van der Waals surface area contributed by atoms with E-state index in [0.717, 1.165) is 12.0 Å². The molecule has 0 aliphatic carbocycles. The van der Waals surface area contributed by atoms with E-state index in [1.807, 2.05) is 32.0 Å². The van der Waals surface area contributed by atoms with Crippen molar-refractivity contribution in [2.24, 2.45) is 5.73 Å². The van der Waals surface area contributed by atoms with Gasteiger partial charge in [-0.15, -0.1) is 0 Å². The summed E-state index contributed by atoms with van der Waals surface area (Å²) in [6.45, 7) is 4.91. The van der Waals surface area contributed by atoms with Crippen LogP contribution in [0.4, 0.5) is 0 Å². The molecule has 0 aliphatic rings. The van der Waals surface area contributed by atoms with E-state index in [4.69, 9.17) is 15.2 Å². The molecule has 1 aromatic rings. The third kappa shape index (κ3) is 4.74. The molecule has 0 spiro atoms. The Kier molecular flexibility index (Phi) is 6.87. The van der Waals surface area contributed by atoms with Crippen LogP contribution in [0.2, 0.25) is 0 Å². The van der Waals surface area contributed by atoms with Gasteiger partial charge in [-0.2, -0.15) is 0 Å². The van der Waals surface area contributed by atoms with Crippen molar-refractivity contribution < 1.29 is 14.3 Å². The number of nitrogens with two attached hydrogens (primary N) is 1. The van der Waals surface area contributed by atoms with Gasteiger partial charge in [-0.1, -0.05) is 19.4 Å². The lowest BCUT2D eigenvalue weighted by atomic mass is 10.1. The van der Waals surface area contributed by atoms with Gasteiger partial charge in [0, 0.05) is 6.54 Å². The molecule has 0 fully saturated rings. The van der Waals surface area contributed by atoms with Gasteiger partial charge < -0.3 is 20.5 Å². The molecule has 0 saturated heterocycles. The summed E-state index contributed by atoms with van der Waals surface area (Å²) in [5.41, 5.74) is 6.71. The standard InChI is InChI=1S/C15H24N2O3/c1-4-6-12(16)15(18)17-10-11-7-8-13(19-3)14(9-11)20-5-2/h7-9,12H,4-6,10,16H2,1-3H3,(H,17,18). The second-order valence-corrected chi connectivity index (χ2v) is 4.53. The van der Waals surface area contributed by atoms with E-state index in [1.54, 1.807) is 7.11 Å². The highest BCUT2D eigenvalue weighted by atomic mass is 16.5. The second-order valence-electron chi connectivity index (χ2n) is 4.53. The molecule has 5 nitrogen and oxygen atoms in total. The molecule has 1 aromatic carbocycles. The molecule has 1 amide bonds. The normalized spacial score (nSPS) is 11.8. The summed E-state index contributed by atoms with van der Waals surface area (Å²) in [7, 11) is 1.60. The Hall–Kier alpha value is -1.75. The highest BCUT2D eigenvalue weighted by molar-refractivity contribution is 5.81. The Labute approximate surface area is 120 Å². The van der Waals surface area contributed by atoms with Crippen molar-refractivity contribution in [3.8, 4) is 11.5 Å². The average Bonchev–Trinajstić information content (AvgIpc) is 2.45. The number of ether oxygens (including phenoxy) is 2. The van der Waals surface area contributed by atoms with Gasteiger partial charge in [-0.05, 0) is 31.0 Å². The van der Waals surface area contributed by atoms with Gasteiger partial charge in [0.05, 0.1) is 19.8 Å². The van der Waals surface area contributed by atoms with Crippen LogP contribution in [0.3, 0.4) is 0 Å². The maximum atomic E-state index is 11.7. The van der Waals surface area contributed by atoms with Gasteiger partial charge in [0.15, 0.2) is 11.5 Å². The van der Waals surface area contributed by atoms with E-state index in [0.29, 0.717) is 31.1 Å². The first-order chi connectivity index (χ1) is 9.62. The van der Waals surface area contributed by atoms with Crippen LogP contribution in [-0.2, 0) is 11.3 Å². The number of carbonyl (C=O) groups is 1. The fourth-order valence-electron chi connectivity index (χ4n) is 1.86. The Morgan fingerprint density at radius 1 is 1.35 bits per heavy atom. The number of hydrogen-bond acceptors (Lipinski definition) is 4. The van der Waals surface area contributed by atoms with Crippen LogP contribution in [0.25, 0.3) is 0 Å². The molecule has 0 saturated carbocycles. The van der Waals surface area contributed by atoms with Crippen LogP contribution in [0, 0.1) is 0 Å². The van der Waals surface area contributed by atoms with E-state index >= 15 is 0 Å². The SMILES string of the molecule is CCCC(N)C(=O)NCc1ccc(OC)c(OCC)c1. The minimum atomic E-state index is -0.440. The molecule has 1 unspecified atom stereocenters. The van der Waals surface area contributed by atoms with Crippen molar-refractivity contribution in [1.82, 2.24) is 5.32 Å². The zero-order chi connectivity index (χ0) is 15.0. The first-order valence-electron chi connectivity index (χ1n) is 6.95. The first kappa shape index (κ1) is 16.3. The minimum Gasteiger partial charge on any atom is -0.493 e. The molecule has 5 heteroatoms. The van der Waals surface area contributed by atoms with Crippen molar-refractivity contribution in [1.29, 1.82) is 0 Å². The fourth-order valence-corrected chi connectivity index (χ4v) is 1.86. The van der Waals surface area contributed by atoms with E-state index in [2.05, 4.69) is 5.32 Å². The number of methoxy groups -OCH3 is 1. The van der Waals surface area contributed by atoms with Gasteiger partial charge in [0.25, 0.3) is 0 Å². The molecule has 0 radical (unpaired) electrons. The zero-order valence-electron chi connectivity index (χ0n) is 12.4. The van der Waals surface area contributed by atoms with Crippen molar-refractivity contribution in [3.05, 3.63) is 23.8 Å². The summed E-state index contributed by atoms with van der Waals surface area (Å²) < 4.78 is 10.7. The van der Waals surface area contributed by atoms with Gasteiger partial charge in [0.1, 0.15) is 0 Å². The van der Waals surface area contributed by atoms with Crippen molar-refractivity contribution >= 4 is 5.91 Å². The smallest absolute Gasteiger partial charge is 0.237 e. The van der Waals surface area contributed by atoms with Crippen molar-refractivity contribution in [3.63, 3.8) is 0 Å². The number of nitrogens with one attached hydrogen (secondary N) is 1. The monoisotopic (exact) mass is 280 g/mol. The predicted octanol–water partition coefficient (Wildman–Crippen LogP) is 1.84. The Morgan fingerprint density at radius 2 is 2.10 bits per heavy atom. The summed E-state index contributed by atoms with van der Waals surface area (Å²) in [4.78, 5) is 11.7. The predicted molar refractivity (Wildman–Crippen MR) is 78.9 cm³/mol. The Balaban J connectivity index is 2.64. The van der Waals surface area contributed by atoms with Gasteiger partial charge in [-0.3, -0.25) is 4.79 Å². The quantitative estimate of drug-likeness (QED) is 0.762. The molecular weight excluding hydrogens is 256 g/mol. The van der Waals surface area contributed by atoms with E-state index in [1.165, 1.54) is 0 Å². The second kappa shape index (κ2) is 8.43. The molecule has 1 atom stereocenters.